The van der Waals surface area contributed by atoms with Crippen LogP contribution in [0.5, 0.6) is 0 Å². The van der Waals surface area contributed by atoms with Gasteiger partial charge in [-0.05, 0) is 74.5 Å². The molecule has 1 heterocycles. The molecule has 0 spiro atoms. The Bertz CT molecular complexity index is 1040. The smallest absolute Gasteiger partial charge is 0.321 e. The molecule has 0 atom stereocenters. The fourth-order valence-corrected chi connectivity index (χ4v) is 6.41. The third-order valence-corrected chi connectivity index (χ3v) is 7.27. The molecule has 4 fully saturated rings. The Kier molecular flexibility index (Phi) is 4.81. The van der Waals surface area contributed by atoms with Crippen LogP contribution in [-0.2, 0) is 11.3 Å². The number of fused-ring (bicyclic) bond motifs is 1. The van der Waals surface area contributed by atoms with E-state index in [4.69, 9.17) is 11.6 Å². The molecule has 4 aliphatic carbocycles. The van der Waals surface area contributed by atoms with Crippen LogP contribution in [-0.4, -0.2) is 27.0 Å². The highest BCUT2D eigenvalue weighted by Crippen LogP contribution is 2.55. The van der Waals surface area contributed by atoms with Crippen molar-refractivity contribution in [3.8, 4) is 0 Å². The molecule has 3 amide bonds. The summed E-state index contributed by atoms with van der Waals surface area (Å²) in [6.07, 6.45) is 8.40. The number of aryl methyl sites for hydroxylation is 1. The second-order valence-electron chi connectivity index (χ2n) is 9.35. The van der Waals surface area contributed by atoms with Crippen LogP contribution in [0.4, 0.5) is 4.79 Å². The van der Waals surface area contributed by atoms with Gasteiger partial charge in [-0.3, -0.25) is 19.5 Å². The highest BCUT2D eigenvalue weighted by atomic mass is 35.5. The van der Waals surface area contributed by atoms with E-state index in [0.29, 0.717) is 33.7 Å². The van der Waals surface area contributed by atoms with Crippen molar-refractivity contribution in [2.45, 2.75) is 57.0 Å². The molecule has 7 nitrogen and oxygen atoms in total. The SMILES string of the molecule is O=C(CCn1cnc2ccc(Cl)cc2c1=O)NC(=O)NC12CC3CC(CC(C3)C1)C2. The first-order valence-corrected chi connectivity index (χ1v) is 11.0. The molecular formula is C22H25ClN4O3. The second kappa shape index (κ2) is 7.38. The normalized spacial score (nSPS) is 29.2. The molecule has 0 aliphatic heterocycles. The van der Waals surface area contributed by atoms with Crippen LogP contribution in [0, 0.1) is 17.8 Å². The van der Waals surface area contributed by atoms with Gasteiger partial charge in [-0.2, -0.15) is 0 Å². The van der Waals surface area contributed by atoms with E-state index in [-0.39, 0.29) is 24.1 Å². The number of nitrogens with one attached hydrogen (secondary N) is 2. The first-order valence-electron chi connectivity index (χ1n) is 10.7. The number of urea groups is 1. The fraction of sp³-hybridized carbons (Fsp3) is 0.545. The van der Waals surface area contributed by atoms with E-state index in [1.807, 2.05) is 0 Å². The monoisotopic (exact) mass is 428 g/mol. The van der Waals surface area contributed by atoms with Crippen molar-refractivity contribution in [2.75, 3.05) is 0 Å². The molecule has 4 aliphatic rings. The maximum atomic E-state index is 12.6. The van der Waals surface area contributed by atoms with Gasteiger partial charge >= 0.3 is 6.03 Å². The number of benzene rings is 1. The van der Waals surface area contributed by atoms with E-state index in [2.05, 4.69) is 15.6 Å². The highest BCUT2D eigenvalue weighted by molar-refractivity contribution is 6.31. The Morgan fingerprint density at radius 2 is 1.80 bits per heavy atom. The zero-order valence-electron chi connectivity index (χ0n) is 16.7. The summed E-state index contributed by atoms with van der Waals surface area (Å²) in [7, 11) is 0. The molecule has 4 saturated carbocycles. The molecule has 0 unspecified atom stereocenters. The Hall–Kier alpha value is -2.41. The lowest BCUT2D eigenvalue weighted by Crippen LogP contribution is -2.61. The number of nitrogens with zero attached hydrogens (tertiary/aromatic N) is 2. The van der Waals surface area contributed by atoms with E-state index in [0.717, 1.165) is 19.3 Å². The molecular weight excluding hydrogens is 404 g/mol. The molecule has 8 heteroatoms. The van der Waals surface area contributed by atoms with Gasteiger partial charge in [-0.25, -0.2) is 9.78 Å². The zero-order valence-corrected chi connectivity index (χ0v) is 17.5. The van der Waals surface area contributed by atoms with Crippen LogP contribution in [0.1, 0.15) is 44.9 Å². The number of amides is 3. The summed E-state index contributed by atoms with van der Waals surface area (Å²) in [4.78, 5) is 41.6. The average Bonchev–Trinajstić information content (AvgIpc) is 2.66. The molecule has 4 bridgehead atoms. The van der Waals surface area contributed by atoms with E-state index in [9.17, 15) is 14.4 Å². The van der Waals surface area contributed by atoms with E-state index < -0.39 is 11.9 Å². The van der Waals surface area contributed by atoms with Crippen molar-refractivity contribution in [1.82, 2.24) is 20.2 Å². The van der Waals surface area contributed by atoms with Crippen LogP contribution in [0.2, 0.25) is 5.02 Å². The third kappa shape index (κ3) is 3.71. The Labute approximate surface area is 179 Å². The largest absolute Gasteiger partial charge is 0.332 e. The van der Waals surface area contributed by atoms with Crippen LogP contribution in [0.25, 0.3) is 10.9 Å². The van der Waals surface area contributed by atoms with Gasteiger partial charge in [0.15, 0.2) is 0 Å². The van der Waals surface area contributed by atoms with Crippen molar-refractivity contribution < 1.29 is 9.59 Å². The molecule has 0 saturated heterocycles. The van der Waals surface area contributed by atoms with Crippen LogP contribution < -0.4 is 16.2 Å². The number of carbonyl (C=O) groups excluding carboxylic acids is 2. The summed E-state index contributed by atoms with van der Waals surface area (Å²) in [5.74, 6) is 1.74. The van der Waals surface area contributed by atoms with Gasteiger partial charge in [0.1, 0.15) is 0 Å². The van der Waals surface area contributed by atoms with Gasteiger partial charge in [0.25, 0.3) is 5.56 Å². The summed E-state index contributed by atoms with van der Waals surface area (Å²) >= 11 is 5.97. The molecule has 2 N–H and O–H groups in total. The van der Waals surface area contributed by atoms with Gasteiger partial charge in [-0.1, -0.05) is 11.6 Å². The van der Waals surface area contributed by atoms with Gasteiger partial charge in [0.05, 0.1) is 17.2 Å². The lowest BCUT2D eigenvalue weighted by molar-refractivity contribution is -0.120. The molecule has 0 radical (unpaired) electrons. The maximum Gasteiger partial charge on any atom is 0.321 e. The number of imide groups is 1. The predicted octanol–water partition coefficient (Wildman–Crippen LogP) is 3.23. The fourth-order valence-electron chi connectivity index (χ4n) is 6.24. The van der Waals surface area contributed by atoms with Gasteiger partial charge in [0, 0.05) is 23.5 Å². The summed E-state index contributed by atoms with van der Waals surface area (Å²) in [5, 5.41) is 6.44. The van der Waals surface area contributed by atoms with E-state index in [1.54, 1.807) is 18.2 Å². The molecule has 6 rings (SSSR count). The topological polar surface area (TPSA) is 93.1 Å². The summed E-state index contributed by atoms with van der Waals surface area (Å²) < 4.78 is 1.37. The van der Waals surface area contributed by atoms with Crippen LogP contribution in [0.3, 0.4) is 0 Å². The van der Waals surface area contributed by atoms with Crippen molar-refractivity contribution >= 4 is 34.4 Å². The van der Waals surface area contributed by atoms with Crippen molar-refractivity contribution in [3.05, 3.63) is 39.9 Å². The lowest BCUT2D eigenvalue weighted by Gasteiger charge is -2.56. The average molecular weight is 429 g/mol. The van der Waals surface area contributed by atoms with E-state index in [1.165, 1.54) is 30.2 Å². The van der Waals surface area contributed by atoms with Crippen molar-refractivity contribution in [1.29, 1.82) is 0 Å². The molecule has 1 aromatic heterocycles. The van der Waals surface area contributed by atoms with Gasteiger partial charge in [0.2, 0.25) is 5.91 Å². The summed E-state index contributed by atoms with van der Waals surface area (Å²) in [5.41, 5.74) is 0.158. The second-order valence-corrected chi connectivity index (χ2v) is 9.79. The van der Waals surface area contributed by atoms with Crippen LogP contribution >= 0.6 is 11.6 Å². The van der Waals surface area contributed by atoms with E-state index >= 15 is 0 Å². The standard InChI is InChI=1S/C22H25ClN4O3/c23-16-1-2-18-17(8-16)20(29)27(12-24-18)4-3-19(28)25-21(30)26-22-9-13-5-14(10-22)7-15(6-13)11-22/h1-2,8,12-15H,3-7,9-11H2,(H2,25,26,28,30). The van der Waals surface area contributed by atoms with Gasteiger partial charge < -0.3 is 5.32 Å². The third-order valence-electron chi connectivity index (χ3n) is 7.04. The minimum atomic E-state index is -0.419. The Morgan fingerprint density at radius 1 is 1.13 bits per heavy atom. The quantitative estimate of drug-likeness (QED) is 0.781. The number of hydrogen-bond acceptors (Lipinski definition) is 4. The summed E-state index contributed by atoms with van der Waals surface area (Å²) in [6, 6.07) is 4.51. The van der Waals surface area contributed by atoms with Crippen molar-refractivity contribution in [3.63, 3.8) is 0 Å². The molecule has 1 aromatic carbocycles. The lowest BCUT2D eigenvalue weighted by atomic mass is 9.53. The number of aromatic nitrogens is 2. The molecule has 158 valence electrons. The van der Waals surface area contributed by atoms with Crippen LogP contribution in [0.15, 0.2) is 29.3 Å². The minimum absolute atomic E-state index is 0.0158. The number of hydrogen-bond donors (Lipinski definition) is 2. The van der Waals surface area contributed by atoms with Gasteiger partial charge in [-0.15, -0.1) is 0 Å². The van der Waals surface area contributed by atoms with Crippen molar-refractivity contribution in [2.24, 2.45) is 17.8 Å². The number of carbonyl (C=O) groups is 2. The first-order chi connectivity index (χ1) is 14.4. The number of halogens is 1. The number of rotatable bonds is 4. The zero-order chi connectivity index (χ0) is 20.9. The molecule has 2 aromatic rings. The Balaban J connectivity index is 1.19. The molecule has 30 heavy (non-hydrogen) atoms. The summed E-state index contributed by atoms with van der Waals surface area (Å²) in [6.45, 7) is 0.144. The first kappa shape index (κ1) is 19.5. The highest BCUT2D eigenvalue weighted by Gasteiger charge is 2.51. The predicted molar refractivity (Wildman–Crippen MR) is 113 cm³/mol. The maximum absolute atomic E-state index is 12.6. The Morgan fingerprint density at radius 3 is 2.47 bits per heavy atom. The minimum Gasteiger partial charge on any atom is -0.332 e.